The van der Waals surface area contributed by atoms with Gasteiger partial charge in [0, 0.05) is 5.41 Å². The summed E-state index contributed by atoms with van der Waals surface area (Å²) in [5.41, 5.74) is -0.315. The fourth-order valence-corrected chi connectivity index (χ4v) is 0.543. The van der Waals surface area contributed by atoms with Crippen LogP contribution in [-0.4, -0.2) is 0 Å². The number of rotatable bonds is 1. The van der Waals surface area contributed by atoms with E-state index >= 15 is 0 Å². The maximum absolute atomic E-state index is 13.0. The Balaban J connectivity index is 4.20. The standard InChI is InChI=1S/C9H17F/c1-7(2)6-8(10)9(3,4)5/h6-7H,1-5H3/b8-6+. The van der Waals surface area contributed by atoms with Gasteiger partial charge in [0.05, 0.1) is 0 Å². The lowest BCUT2D eigenvalue weighted by Gasteiger charge is -2.16. The normalized spacial score (nSPS) is 14.5. The van der Waals surface area contributed by atoms with Crippen LogP contribution in [0.4, 0.5) is 4.39 Å². The largest absolute Gasteiger partial charge is 0.212 e. The second-order valence-corrected chi connectivity index (χ2v) is 4.01. The maximum Gasteiger partial charge on any atom is 0.102 e. The summed E-state index contributed by atoms with van der Waals surface area (Å²) in [7, 11) is 0. The fourth-order valence-electron chi connectivity index (χ4n) is 0.543. The zero-order valence-corrected chi connectivity index (χ0v) is 7.53. The molecule has 0 radical (unpaired) electrons. The van der Waals surface area contributed by atoms with E-state index in [9.17, 15) is 4.39 Å². The third-order valence-electron chi connectivity index (χ3n) is 1.20. The minimum Gasteiger partial charge on any atom is -0.212 e. The molecule has 0 aliphatic heterocycles. The van der Waals surface area contributed by atoms with Gasteiger partial charge < -0.3 is 0 Å². The summed E-state index contributed by atoms with van der Waals surface area (Å²) >= 11 is 0. The molecule has 0 N–H and O–H groups in total. The van der Waals surface area contributed by atoms with Crippen LogP contribution >= 0.6 is 0 Å². The van der Waals surface area contributed by atoms with Crippen molar-refractivity contribution in [2.24, 2.45) is 11.3 Å². The van der Waals surface area contributed by atoms with Crippen LogP contribution < -0.4 is 0 Å². The highest BCUT2D eigenvalue weighted by atomic mass is 19.1. The molecule has 0 aromatic rings. The number of halogens is 1. The molecule has 0 spiro atoms. The van der Waals surface area contributed by atoms with Crippen LogP contribution in [0.2, 0.25) is 0 Å². The van der Waals surface area contributed by atoms with E-state index in [1.165, 1.54) is 0 Å². The lowest BCUT2D eigenvalue weighted by atomic mass is 9.93. The molecule has 0 atom stereocenters. The first-order valence-electron chi connectivity index (χ1n) is 3.72. The summed E-state index contributed by atoms with van der Waals surface area (Å²) < 4.78 is 13.0. The van der Waals surface area contributed by atoms with Crippen LogP contribution in [0.5, 0.6) is 0 Å². The molecule has 60 valence electrons. The van der Waals surface area contributed by atoms with Gasteiger partial charge in [0.25, 0.3) is 0 Å². The molecule has 1 heteroatoms. The second kappa shape index (κ2) is 3.18. The Bertz CT molecular complexity index is 126. The van der Waals surface area contributed by atoms with Crippen LogP contribution in [0.15, 0.2) is 11.9 Å². The fraction of sp³-hybridized carbons (Fsp3) is 0.778. The molecule has 0 unspecified atom stereocenters. The maximum atomic E-state index is 13.0. The van der Waals surface area contributed by atoms with E-state index in [-0.39, 0.29) is 11.2 Å². The van der Waals surface area contributed by atoms with Gasteiger partial charge in [-0.1, -0.05) is 34.6 Å². The molecule has 10 heavy (non-hydrogen) atoms. The van der Waals surface area contributed by atoms with Crippen LogP contribution in [-0.2, 0) is 0 Å². The smallest absolute Gasteiger partial charge is 0.102 e. The Hall–Kier alpha value is -0.330. The molecule has 0 saturated carbocycles. The Kier molecular flexibility index (Phi) is 3.07. The monoisotopic (exact) mass is 144 g/mol. The van der Waals surface area contributed by atoms with Crippen molar-refractivity contribution < 1.29 is 4.39 Å². The minimum absolute atomic E-state index is 0.0116. The van der Waals surface area contributed by atoms with Gasteiger partial charge in [-0.25, -0.2) is 4.39 Å². The SMILES string of the molecule is CC(C)/C=C(/F)C(C)(C)C. The van der Waals surface area contributed by atoms with E-state index in [0.29, 0.717) is 5.92 Å². The van der Waals surface area contributed by atoms with E-state index in [0.717, 1.165) is 0 Å². The van der Waals surface area contributed by atoms with E-state index < -0.39 is 0 Å². The third-order valence-corrected chi connectivity index (χ3v) is 1.20. The minimum atomic E-state index is -0.315. The summed E-state index contributed by atoms with van der Waals surface area (Å²) in [6, 6.07) is 0. The lowest BCUT2D eigenvalue weighted by Crippen LogP contribution is -2.06. The number of allylic oxidation sites excluding steroid dienone is 2. The van der Waals surface area contributed by atoms with Crippen molar-refractivity contribution in [3.8, 4) is 0 Å². The highest BCUT2D eigenvalue weighted by molar-refractivity contribution is 5.02. The summed E-state index contributed by atoms with van der Waals surface area (Å²) in [6.07, 6.45) is 1.67. The molecule has 0 saturated heterocycles. The lowest BCUT2D eigenvalue weighted by molar-refractivity contribution is 0.377. The van der Waals surface area contributed by atoms with Gasteiger partial charge in [0.1, 0.15) is 5.83 Å². The Morgan fingerprint density at radius 2 is 1.70 bits per heavy atom. The van der Waals surface area contributed by atoms with Crippen molar-refractivity contribution in [2.45, 2.75) is 34.6 Å². The van der Waals surface area contributed by atoms with Crippen LogP contribution in [0.3, 0.4) is 0 Å². The molecule has 0 aliphatic rings. The molecule has 0 heterocycles. The number of hydrogen-bond donors (Lipinski definition) is 0. The quantitative estimate of drug-likeness (QED) is 0.528. The van der Waals surface area contributed by atoms with Gasteiger partial charge in [-0.3, -0.25) is 0 Å². The predicted octanol–water partition coefficient (Wildman–Crippen LogP) is 3.54. The molecule has 0 nitrogen and oxygen atoms in total. The van der Waals surface area contributed by atoms with Crippen molar-refractivity contribution in [1.82, 2.24) is 0 Å². The van der Waals surface area contributed by atoms with Gasteiger partial charge in [-0.15, -0.1) is 0 Å². The molecule has 0 rings (SSSR count). The molecular weight excluding hydrogens is 127 g/mol. The van der Waals surface area contributed by atoms with E-state index in [1.54, 1.807) is 6.08 Å². The van der Waals surface area contributed by atoms with Gasteiger partial charge in [0.15, 0.2) is 0 Å². The first kappa shape index (κ1) is 9.67. The summed E-state index contributed by atoms with van der Waals surface area (Å²) in [4.78, 5) is 0. The Morgan fingerprint density at radius 3 is 1.80 bits per heavy atom. The van der Waals surface area contributed by atoms with Gasteiger partial charge >= 0.3 is 0 Å². The van der Waals surface area contributed by atoms with Gasteiger partial charge in [-0.2, -0.15) is 0 Å². The van der Waals surface area contributed by atoms with Gasteiger partial charge in [-0.05, 0) is 12.0 Å². The number of hydrogen-bond acceptors (Lipinski definition) is 0. The zero-order chi connectivity index (χ0) is 8.36. The van der Waals surface area contributed by atoms with Crippen molar-refractivity contribution in [2.75, 3.05) is 0 Å². The highest BCUT2D eigenvalue weighted by Gasteiger charge is 2.16. The zero-order valence-electron chi connectivity index (χ0n) is 7.53. The molecule has 0 bridgehead atoms. The van der Waals surface area contributed by atoms with Crippen molar-refractivity contribution in [1.29, 1.82) is 0 Å². The molecule has 0 amide bonds. The van der Waals surface area contributed by atoms with Crippen molar-refractivity contribution in [3.63, 3.8) is 0 Å². The highest BCUT2D eigenvalue weighted by Crippen LogP contribution is 2.26. The van der Waals surface area contributed by atoms with E-state index in [4.69, 9.17) is 0 Å². The predicted molar refractivity (Wildman–Crippen MR) is 43.5 cm³/mol. The molecule has 0 aromatic carbocycles. The van der Waals surface area contributed by atoms with Gasteiger partial charge in [0.2, 0.25) is 0 Å². The van der Waals surface area contributed by atoms with Crippen LogP contribution in [0.1, 0.15) is 34.6 Å². The Labute approximate surface area is 63.1 Å². The second-order valence-electron chi connectivity index (χ2n) is 4.01. The summed E-state index contributed by atoms with van der Waals surface area (Å²) in [6.45, 7) is 9.58. The average Bonchev–Trinajstić information content (AvgIpc) is 1.60. The molecule has 0 aromatic heterocycles. The molecular formula is C9H17F. The first-order valence-corrected chi connectivity index (χ1v) is 3.72. The third kappa shape index (κ3) is 3.65. The van der Waals surface area contributed by atoms with Crippen LogP contribution in [0.25, 0.3) is 0 Å². The van der Waals surface area contributed by atoms with E-state index in [1.807, 2.05) is 34.6 Å². The van der Waals surface area contributed by atoms with E-state index in [2.05, 4.69) is 0 Å². The molecule has 0 aliphatic carbocycles. The van der Waals surface area contributed by atoms with Crippen LogP contribution in [0, 0.1) is 11.3 Å². The average molecular weight is 144 g/mol. The summed E-state index contributed by atoms with van der Waals surface area (Å²) in [5, 5.41) is 0. The Morgan fingerprint density at radius 1 is 1.30 bits per heavy atom. The topological polar surface area (TPSA) is 0 Å². The first-order chi connectivity index (χ1) is 4.34. The summed E-state index contributed by atoms with van der Waals surface area (Å²) in [5.74, 6) is 0.293. The van der Waals surface area contributed by atoms with Crippen molar-refractivity contribution in [3.05, 3.63) is 11.9 Å². The molecule has 0 fully saturated rings. The van der Waals surface area contributed by atoms with Crippen molar-refractivity contribution >= 4 is 0 Å².